The highest BCUT2D eigenvalue weighted by Crippen LogP contribution is 2.24. The highest BCUT2D eigenvalue weighted by atomic mass is 35.5. The smallest absolute Gasteiger partial charge is 0.255 e. The summed E-state index contributed by atoms with van der Waals surface area (Å²) in [7, 11) is 0. The average Bonchev–Trinajstić information content (AvgIpc) is 3.23. The normalized spacial score (nSPS) is 16.6. The third kappa shape index (κ3) is 4.53. The molecule has 166 valence electrons. The van der Waals surface area contributed by atoms with Gasteiger partial charge in [0.15, 0.2) is 5.82 Å². The first-order valence-corrected chi connectivity index (χ1v) is 11.8. The molecule has 2 aromatic heterocycles. The molecule has 0 saturated heterocycles. The van der Waals surface area contributed by atoms with Gasteiger partial charge in [0.1, 0.15) is 0 Å². The molecule has 0 unspecified atom stereocenters. The Kier molecular flexibility index (Phi) is 6.17. The zero-order chi connectivity index (χ0) is 22.1. The number of nitrogens with one attached hydrogen (secondary N) is 1. The lowest BCUT2D eigenvalue weighted by Crippen LogP contribution is -2.36. The Labute approximate surface area is 196 Å². The van der Waals surface area contributed by atoms with Gasteiger partial charge in [0, 0.05) is 51.0 Å². The van der Waals surface area contributed by atoms with Crippen LogP contribution in [0.4, 0.5) is 0 Å². The predicted molar refractivity (Wildman–Crippen MR) is 128 cm³/mol. The van der Waals surface area contributed by atoms with Crippen LogP contribution in [0.2, 0.25) is 10.0 Å². The van der Waals surface area contributed by atoms with Crippen molar-refractivity contribution in [2.24, 2.45) is 4.99 Å². The van der Waals surface area contributed by atoms with E-state index >= 15 is 0 Å². The maximum Gasteiger partial charge on any atom is 0.255 e. The number of halogens is 2. The fourth-order valence-corrected chi connectivity index (χ4v) is 4.77. The SMILES string of the molecule is O=c1[nH]c(C2=NCCCC2)nc2c1CN(Cc1cccn1Cc1ccc(Cl)c(Cl)c1)CC2. The van der Waals surface area contributed by atoms with Crippen LogP contribution in [0.1, 0.15) is 47.6 Å². The van der Waals surface area contributed by atoms with Gasteiger partial charge in [-0.1, -0.05) is 29.3 Å². The summed E-state index contributed by atoms with van der Waals surface area (Å²) >= 11 is 12.2. The first-order valence-electron chi connectivity index (χ1n) is 11.0. The third-order valence-corrected chi connectivity index (χ3v) is 6.93. The number of benzene rings is 1. The Morgan fingerprint density at radius 3 is 2.78 bits per heavy atom. The van der Waals surface area contributed by atoms with E-state index in [0.717, 1.165) is 74.4 Å². The molecule has 5 rings (SSSR count). The molecule has 0 saturated carbocycles. The van der Waals surface area contributed by atoms with Gasteiger partial charge in [0.2, 0.25) is 0 Å². The Morgan fingerprint density at radius 1 is 1.06 bits per heavy atom. The van der Waals surface area contributed by atoms with Crippen molar-refractivity contribution in [3.63, 3.8) is 0 Å². The molecule has 1 aromatic carbocycles. The summed E-state index contributed by atoms with van der Waals surface area (Å²) in [6.45, 7) is 3.78. The van der Waals surface area contributed by atoms with Gasteiger partial charge in [0.05, 0.1) is 27.0 Å². The Bertz CT molecular complexity index is 1230. The van der Waals surface area contributed by atoms with Crippen molar-refractivity contribution in [3.05, 3.63) is 85.3 Å². The van der Waals surface area contributed by atoms with Crippen LogP contribution in [0.25, 0.3) is 0 Å². The van der Waals surface area contributed by atoms with Gasteiger partial charge >= 0.3 is 0 Å². The van der Waals surface area contributed by atoms with Gasteiger partial charge < -0.3 is 9.55 Å². The first kappa shape index (κ1) is 21.4. The highest BCUT2D eigenvalue weighted by molar-refractivity contribution is 6.42. The predicted octanol–water partition coefficient (Wildman–Crippen LogP) is 4.46. The quantitative estimate of drug-likeness (QED) is 0.599. The van der Waals surface area contributed by atoms with Crippen molar-refractivity contribution in [1.82, 2.24) is 19.4 Å². The van der Waals surface area contributed by atoms with Crippen LogP contribution < -0.4 is 5.56 Å². The minimum absolute atomic E-state index is 0.0332. The zero-order valence-corrected chi connectivity index (χ0v) is 19.3. The Morgan fingerprint density at radius 2 is 1.97 bits per heavy atom. The largest absolute Gasteiger partial charge is 0.346 e. The van der Waals surface area contributed by atoms with Crippen molar-refractivity contribution in [3.8, 4) is 0 Å². The minimum Gasteiger partial charge on any atom is -0.346 e. The van der Waals surface area contributed by atoms with Gasteiger partial charge in [-0.25, -0.2) is 4.98 Å². The zero-order valence-electron chi connectivity index (χ0n) is 17.8. The topological polar surface area (TPSA) is 66.3 Å². The summed E-state index contributed by atoms with van der Waals surface area (Å²) in [6, 6.07) is 9.91. The fourth-order valence-electron chi connectivity index (χ4n) is 4.45. The molecule has 0 fully saturated rings. The second-order valence-electron chi connectivity index (χ2n) is 8.46. The molecule has 0 atom stereocenters. The van der Waals surface area contributed by atoms with Crippen LogP contribution in [0, 0.1) is 0 Å². The molecule has 0 radical (unpaired) electrons. The van der Waals surface area contributed by atoms with Crippen LogP contribution in [0.3, 0.4) is 0 Å². The number of aliphatic imine (C=N–C) groups is 1. The van der Waals surface area contributed by atoms with Crippen LogP contribution >= 0.6 is 23.2 Å². The fraction of sp³-hybridized carbons (Fsp3) is 0.375. The number of fused-ring (bicyclic) bond motifs is 1. The maximum atomic E-state index is 12.8. The first-order chi connectivity index (χ1) is 15.6. The summed E-state index contributed by atoms with van der Waals surface area (Å²) in [5.41, 5.74) is 4.89. The van der Waals surface area contributed by atoms with E-state index in [1.807, 2.05) is 18.2 Å². The van der Waals surface area contributed by atoms with E-state index in [4.69, 9.17) is 28.2 Å². The number of aromatic nitrogens is 3. The van der Waals surface area contributed by atoms with E-state index in [2.05, 4.69) is 37.8 Å². The molecule has 0 aliphatic carbocycles. The summed E-state index contributed by atoms with van der Waals surface area (Å²) in [4.78, 5) is 27.5. The molecule has 4 heterocycles. The van der Waals surface area contributed by atoms with Crippen molar-refractivity contribution in [2.45, 2.75) is 45.3 Å². The highest BCUT2D eigenvalue weighted by Gasteiger charge is 2.23. The molecular formula is C24H25Cl2N5O. The second kappa shape index (κ2) is 9.22. The van der Waals surface area contributed by atoms with Gasteiger partial charge in [0.25, 0.3) is 5.56 Å². The lowest BCUT2D eigenvalue weighted by molar-refractivity contribution is 0.236. The van der Waals surface area contributed by atoms with Gasteiger partial charge in [-0.2, -0.15) is 0 Å². The van der Waals surface area contributed by atoms with E-state index in [9.17, 15) is 4.79 Å². The number of hydrogen-bond acceptors (Lipinski definition) is 4. The molecular weight excluding hydrogens is 445 g/mol. The summed E-state index contributed by atoms with van der Waals surface area (Å²) < 4.78 is 2.21. The van der Waals surface area contributed by atoms with Crippen molar-refractivity contribution in [2.75, 3.05) is 13.1 Å². The summed E-state index contributed by atoms with van der Waals surface area (Å²) in [6.07, 6.45) is 5.95. The molecule has 0 amide bonds. The minimum atomic E-state index is -0.0332. The van der Waals surface area contributed by atoms with Crippen LogP contribution in [0.15, 0.2) is 46.3 Å². The Balaban J connectivity index is 1.31. The molecule has 8 heteroatoms. The van der Waals surface area contributed by atoms with E-state index in [1.165, 1.54) is 5.69 Å². The van der Waals surface area contributed by atoms with E-state index < -0.39 is 0 Å². The molecule has 0 spiro atoms. The van der Waals surface area contributed by atoms with Crippen LogP contribution in [-0.4, -0.2) is 38.2 Å². The van der Waals surface area contributed by atoms with E-state index in [0.29, 0.717) is 22.4 Å². The number of H-pyrrole nitrogens is 1. The standard InChI is InChI=1S/C24H25Cl2N5O/c25-19-7-6-16(12-20(19)26)13-31-10-3-4-17(31)14-30-11-8-21-18(15-30)24(32)29-23(28-21)22-5-1-2-9-27-22/h3-4,6-7,10,12H,1-2,5,8-9,11,13-15H2,(H,28,29,32). The summed E-state index contributed by atoms with van der Waals surface area (Å²) in [5, 5.41) is 1.13. The molecule has 0 bridgehead atoms. The average molecular weight is 470 g/mol. The number of hydrogen-bond donors (Lipinski definition) is 1. The van der Waals surface area contributed by atoms with E-state index in [1.54, 1.807) is 0 Å². The number of nitrogens with zero attached hydrogens (tertiary/aromatic N) is 4. The van der Waals surface area contributed by atoms with Gasteiger partial charge in [-0.3, -0.25) is 14.7 Å². The van der Waals surface area contributed by atoms with Gasteiger partial charge in [-0.15, -0.1) is 0 Å². The molecule has 6 nitrogen and oxygen atoms in total. The monoisotopic (exact) mass is 469 g/mol. The lowest BCUT2D eigenvalue weighted by atomic mass is 10.0. The Hall–Kier alpha value is -2.41. The number of rotatable bonds is 5. The van der Waals surface area contributed by atoms with Crippen molar-refractivity contribution < 1.29 is 0 Å². The molecule has 32 heavy (non-hydrogen) atoms. The van der Waals surface area contributed by atoms with Crippen molar-refractivity contribution >= 4 is 28.9 Å². The molecule has 2 aliphatic rings. The van der Waals surface area contributed by atoms with Crippen molar-refractivity contribution in [1.29, 1.82) is 0 Å². The second-order valence-corrected chi connectivity index (χ2v) is 9.28. The van der Waals surface area contributed by atoms with Crippen LogP contribution in [0.5, 0.6) is 0 Å². The molecule has 3 aromatic rings. The lowest BCUT2D eigenvalue weighted by Gasteiger charge is -2.28. The number of aromatic amines is 1. The molecule has 2 aliphatic heterocycles. The third-order valence-electron chi connectivity index (χ3n) is 6.19. The van der Waals surface area contributed by atoms with Crippen LogP contribution in [-0.2, 0) is 26.1 Å². The summed E-state index contributed by atoms with van der Waals surface area (Å²) in [5.74, 6) is 0.664. The van der Waals surface area contributed by atoms with E-state index in [-0.39, 0.29) is 5.56 Å². The molecule has 1 N–H and O–H groups in total. The maximum absolute atomic E-state index is 12.8. The van der Waals surface area contributed by atoms with Gasteiger partial charge in [-0.05, 0) is 49.1 Å².